The first-order valence-electron chi connectivity index (χ1n) is 7.96. The van der Waals surface area contributed by atoms with Crippen molar-refractivity contribution < 1.29 is 9.59 Å². The van der Waals surface area contributed by atoms with Gasteiger partial charge in [-0.05, 0) is 45.6 Å². The van der Waals surface area contributed by atoms with E-state index in [-0.39, 0.29) is 23.9 Å². The van der Waals surface area contributed by atoms with Crippen molar-refractivity contribution in [3.8, 4) is 0 Å². The molecule has 0 spiro atoms. The Morgan fingerprint density at radius 2 is 2.10 bits per heavy atom. The van der Waals surface area contributed by atoms with Gasteiger partial charge in [0.1, 0.15) is 6.04 Å². The molecule has 3 atom stereocenters. The summed E-state index contributed by atoms with van der Waals surface area (Å²) in [6, 6.07) is 0.261. The molecule has 0 aromatic heterocycles. The van der Waals surface area contributed by atoms with Gasteiger partial charge in [-0.2, -0.15) is 0 Å². The molecule has 5 nitrogen and oxygen atoms in total. The first-order chi connectivity index (χ1) is 9.63. The number of piperidine rings is 1. The minimum atomic E-state index is -0.247. The highest BCUT2D eigenvalue weighted by Crippen LogP contribution is 2.20. The maximum absolute atomic E-state index is 12.4. The molecule has 0 saturated carbocycles. The van der Waals surface area contributed by atoms with Gasteiger partial charge in [0.15, 0.2) is 0 Å². The van der Waals surface area contributed by atoms with Gasteiger partial charge in [-0.3, -0.25) is 9.59 Å². The second-order valence-electron chi connectivity index (χ2n) is 6.00. The van der Waals surface area contributed by atoms with Gasteiger partial charge < -0.3 is 15.5 Å². The Balaban J connectivity index is 1.92. The van der Waals surface area contributed by atoms with Gasteiger partial charge in [0.25, 0.3) is 0 Å². The minimum Gasteiger partial charge on any atom is -0.350 e. The molecule has 3 unspecified atom stereocenters. The molecule has 0 aromatic carbocycles. The van der Waals surface area contributed by atoms with E-state index in [9.17, 15) is 9.59 Å². The van der Waals surface area contributed by atoms with Crippen LogP contribution >= 0.6 is 0 Å². The standard InChI is InChI=1S/C15H27N3O2/c1-3-6-14(19)18-10-5-8-13(18)15(20)17-12-7-4-9-16-11(12)2/h11-13,16H,3-10H2,1-2H3,(H,17,20). The predicted octanol–water partition coefficient (Wildman–Crippen LogP) is 1.03. The van der Waals surface area contributed by atoms with Crippen molar-refractivity contribution in [3.63, 3.8) is 0 Å². The third-order valence-electron chi connectivity index (χ3n) is 4.43. The first-order valence-corrected chi connectivity index (χ1v) is 7.96. The summed E-state index contributed by atoms with van der Waals surface area (Å²) >= 11 is 0. The summed E-state index contributed by atoms with van der Waals surface area (Å²) < 4.78 is 0. The molecular weight excluding hydrogens is 254 g/mol. The third-order valence-corrected chi connectivity index (χ3v) is 4.43. The van der Waals surface area contributed by atoms with Gasteiger partial charge in [0, 0.05) is 25.0 Å². The van der Waals surface area contributed by atoms with Crippen LogP contribution in [-0.2, 0) is 9.59 Å². The molecule has 2 saturated heterocycles. The minimum absolute atomic E-state index is 0.0347. The lowest BCUT2D eigenvalue weighted by Crippen LogP contribution is -2.56. The summed E-state index contributed by atoms with van der Waals surface area (Å²) in [6.07, 6.45) is 5.24. The number of hydrogen-bond donors (Lipinski definition) is 2. The highest BCUT2D eigenvalue weighted by atomic mass is 16.2. The Morgan fingerprint density at radius 1 is 1.30 bits per heavy atom. The van der Waals surface area contributed by atoms with Crippen LogP contribution < -0.4 is 10.6 Å². The quantitative estimate of drug-likeness (QED) is 0.809. The van der Waals surface area contributed by atoms with Crippen molar-refractivity contribution in [1.82, 2.24) is 15.5 Å². The fourth-order valence-electron chi connectivity index (χ4n) is 3.22. The summed E-state index contributed by atoms with van der Waals surface area (Å²) in [6.45, 7) is 5.87. The van der Waals surface area contributed by atoms with Gasteiger partial charge in [0.05, 0.1) is 0 Å². The lowest BCUT2D eigenvalue weighted by atomic mass is 9.99. The van der Waals surface area contributed by atoms with Gasteiger partial charge in [-0.15, -0.1) is 0 Å². The molecule has 0 aliphatic carbocycles. The van der Waals surface area contributed by atoms with Crippen LogP contribution in [0.4, 0.5) is 0 Å². The van der Waals surface area contributed by atoms with E-state index < -0.39 is 0 Å². The summed E-state index contributed by atoms with van der Waals surface area (Å²) in [5.74, 6) is 0.160. The summed E-state index contributed by atoms with van der Waals surface area (Å²) in [5, 5.41) is 6.53. The van der Waals surface area contributed by atoms with E-state index in [0.717, 1.165) is 45.2 Å². The van der Waals surface area contributed by atoms with Crippen molar-refractivity contribution in [2.24, 2.45) is 0 Å². The normalized spacial score (nSPS) is 30.3. The molecule has 2 aliphatic rings. The first kappa shape index (κ1) is 15.3. The van der Waals surface area contributed by atoms with Gasteiger partial charge >= 0.3 is 0 Å². The SMILES string of the molecule is CCCC(=O)N1CCCC1C(=O)NC1CCCNC1C. The summed E-state index contributed by atoms with van der Waals surface area (Å²) in [4.78, 5) is 26.3. The third kappa shape index (κ3) is 3.51. The maximum atomic E-state index is 12.4. The Kier molecular flexibility index (Phi) is 5.40. The molecule has 2 amide bonds. The number of likely N-dealkylation sites (tertiary alicyclic amines) is 1. The molecule has 2 heterocycles. The van der Waals surface area contributed by atoms with E-state index in [0.29, 0.717) is 12.5 Å². The second-order valence-corrected chi connectivity index (χ2v) is 6.00. The van der Waals surface area contributed by atoms with Crippen molar-refractivity contribution >= 4 is 11.8 Å². The molecule has 2 N–H and O–H groups in total. The molecule has 5 heteroatoms. The van der Waals surface area contributed by atoms with Crippen molar-refractivity contribution in [3.05, 3.63) is 0 Å². The van der Waals surface area contributed by atoms with Crippen LogP contribution in [0.5, 0.6) is 0 Å². The average molecular weight is 281 g/mol. The van der Waals surface area contributed by atoms with E-state index in [4.69, 9.17) is 0 Å². The highest BCUT2D eigenvalue weighted by molar-refractivity contribution is 5.88. The molecule has 0 aromatic rings. The number of rotatable bonds is 4. The van der Waals surface area contributed by atoms with E-state index in [1.807, 2.05) is 6.92 Å². The Bertz CT molecular complexity index is 359. The highest BCUT2D eigenvalue weighted by Gasteiger charge is 2.35. The van der Waals surface area contributed by atoms with Crippen molar-refractivity contribution in [2.75, 3.05) is 13.1 Å². The Labute approximate surface area is 121 Å². The fourth-order valence-corrected chi connectivity index (χ4v) is 3.22. The van der Waals surface area contributed by atoms with Crippen LogP contribution in [0.1, 0.15) is 52.4 Å². The van der Waals surface area contributed by atoms with E-state index in [1.165, 1.54) is 0 Å². The molecule has 20 heavy (non-hydrogen) atoms. The fraction of sp³-hybridized carbons (Fsp3) is 0.867. The number of carbonyl (C=O) groups is 2. The lowest BCUT2D eigenvalue weighted by molar-refractivity contribution is -0.138. The molecular formula is C15H27N3O2. The topological polar surface area (TPSA) is 61.4 Å². The number of carbonyl (C=O) groups excluding carboxylic acids is 2. The zero-order chi connectivity index (χ0) is 14.5. The second kappa shape index (κ2) is 7.07. The van der Waals surface area contributed by atoms with Crippen LogP contribution in [0.2, 0.25) is 0 Å². The van der Waals surface area contributed by atoms with Crippen LogP contribution in [0.3, 0.4) is 0 Å². The molecule has 2 aliphatic heterocycles. The van der Waals surface area contributed by atoms with E-state index in [2.05, 4.69) is 17.6 Å². The largest absolute Gasteiger partial charge is 0.350 e. The predicted molar refractivity (Wildman–Crippen MR) is 78.3 cm³/mol. The van der Waals surface area contributed by atoms with Gasteiger partial charge in [-0.1, -0.05) is 6.92 Å². The maximum Gasteiger partial charge on any atom is 0.243 e. The molecule has 0 radical (unpaired) electrons. The zero-order valence-electron chi connectivity index (χ0n) is 12.7. The Morgan fingerprint density at radius 3 is 2.80 bits per heavy atom. The van der Waals surface area contributed by atoms with E-state index in [1.54, 1.807) is 4.90 Å². The number of nitrogens with zero attached hydrogens (tertiary/aromatic N) is 1. The molecule has 114 valence electrons. The van der Waals surface area contributed by atoms with Crippen LogP contribution in [0.25, 0.3) is 0 Å². The Hall–Kier alpha value is -1.10. The summed E-state index contributed by atoms with van der Waals surface area (Å²) in [7, 11) is 0. The van der Waals surface area contributed by atoms with Gasteiger partial charge in [0.2, 0.25) is 11.8 Å². The van der Waals surface area contributed by atoms with Crippen molar-refractivity contribution in [1.29, 1.82) is 0 Å². The smallest absolute Gasteiger partial charge is 0.243 e. The monoisotopic (exact) mass is 281 g/mol. The van der Waals surface area contributed by atoms with E-state index >= 15 is 0 Å². The average Bonchev–Trinajstić information content (AvgIpc) is 2.91. The summed E-state index contributed by atoms with van der Waals surface area (Å²) in [5.41, 5.74) is 0. The lowest BCUT2D eigenvalue weighted by Gasteiger charge is -2.33. The molecule has 2 rings (SSSR count). The number of hydrogen-bond acceptors (Lipinski definition) is 3. The number of amides is 2. The number of nitrogens with one attached hydrogen (secondary N) is 2. The van der Waals surface area contributed by atoms with Crippen LogP contribution in [0, 0.1) is 0 Å². The van der Waals surface area contributed by atoms with Crippen LogP contribution in [-0.4, -0.2) is 47.9 Å². The van der Waals surface area contributed by atoms with Crippen molar-refractivity contribution in [2.45, 2.75) is 70.5 Å². The van der Waals surface area contributed by atoms with Crippen LogP contribution in [0.15, 0.2) is 0 Å². The molecule has 2 fully saturated rings. The van der Waals surface area contributed by atoms with Gasteiger partial charge in [-0.25, -0.2) is 0 Å². The molecule has 0 bridgehead atoms. The zero-order valence-corrected chi connectivity index (χ0v) is 12.7.